The Morgan fingerprint density at radius 3 is 2.79 bits per heavy atom. The third-order valence-corrected chi connectivity index (χ3v) is 6.47. The van der Waals surface area contributed by atoms with Gasteiger partial charge in [-0.2, -0.15) is 0 Å². The van der Waals surface area contributed by atoms with Gasteiger partial charge in [0, 0.05) is 43.2 Å². The van der Waals surface area contributed by atoms with E-state index in [1.165, 1.54) is 0 Å². The Balaban J connectivity index is 1.31. The van der Waals surface area contributed by atoms with Gasteiger partial charge in [0.05, 0.1) is 38.1 Å². The van der Waals surface area contributed by atoms with Crippen molar-refractivity contribution in [2.45, 2.75) is 19.5 Å². The Bertz CT molecular complexity index is 1190. The summed E-state index contributed by atoms with van der Waals surface area (Å²) in [6.45, 7) is 6.20. The number of morpholine rings is 1. The van der Waals surface area contributed by atoms with Crippen molar-refractivity contribution in [2.75, 3.05) is 46.2 Å². The molecule has 0 bridgehead atoms. The van der Waals surface area contributed by atoms with Crippen LogP contribution in [0.3, 0.4) is 0 Å². The van der Waals surface area contributed by atoms with Gasteiger partial charge in [-0.25, -0.2) is 0 Å². The van der Waals surface area contributed by atoms with Crippen LogP contribution in [-0.2, 0) is 17.8 Å². The van der Waals surface area contributed by atoms with E-state index in [4.69, 9.17) is 30.8 Å². The molecule has 2 aliphatic rings. The molecule has 4 heterocycles. The highest BCUT2D eigenvalue weighted by molar-refractivity contribution is 7.80. The van der Waals surface area contributed by atoms with Gasteiger partial charge in [-0.15, -0.1) is 0 Å². The second-order valence-electron chi connectivity index (χ2n) is 8.38. The lowest BCUT2D eigenvalue weighted by Crippen LogP contribution is -2.42. The number of thiocarbonyl (C=S) groups is 1. The molecule has 2 aliphatic heterocycles. The summed E-state index contributed by atoms with van der Waals surface area (Å²) >= 11 is 5.71. The second kappa shape index (κ2) is 10.5. The lowest BCUT2D eigenvalue weighted by molar-refractivity contribution is 0.0367. The van der Waals surface area contributed by atoms with Crippen LogP contribution in [0.4, 0.5) is 0 Å². The predicted octanol–water partition coefficient (Wildman–Crippen LogP) is 2.45. The van der Waals surface area contributed by atoms with Gasteiger partial charge in [0.25, 0.3) is 5.56 Å². The molecule has 10 heteroatoms. The van der Waals surface area contributed by atoms with Crippen LogP contribution in [0.25, 0.3) is 10.9 Å². The molecule has 2 aromatic heterocycles. The maximum atomic E-state index is 12.9. The van der Waals surface area contributed by atoms with E-state index in [-0.39, 0.29) is 12.4 Å². The third-order valence-electron chi connectivity index (χ3n) is 6.06. The molecule has 180 valence electrons. The molecule has 0 radical (unpaired) electrons. The number of benzene rings is 1. The molecule has 1 aromatic carbocycles. The Labute approximate surface area is 202 Å². The number of H-pyrrole nitrogens is 1. The number of aromatic amines is 1. The van der Waals surface area contributed by atoms with Gasteiger partial charge in [0.2, 0.25) is 6.79 Å². The minimum Gasteiger partial charge on any atom is -0.467 e. The van der Waals surface area contributed by atoms with Crippen molar-refractivity contribution in [2.24, 2.45) is 0 Å². The number of fused-ring (bicyclic) bond motifs is 2. The number of furan rings is 1. The molecule has 0 spiro atoms. The van der Waals surface area contributed by atoms with E-state index in [1.54, 1.807) is 12.3 Å². The number of nitrogens with zero attached hydrogens (tertiary/aromatic N) is 2. The van der Waals surface area contributed by atoms with Crippen LogP contribution in [0, 0.1) is 0 Å². The molecule has 0 unspecified atom stereocenters. The van der Waals surface area contributed by atoms with Crippen LogP contribution in [0.5, 0.6) is 11.5 Å². The number of pyridine rings is 1. The van der Waals surface area contributed by atoms with E-state index in [2.05, 4.69) is 15.2 Å². The number of hydrogen-bond donors (Lipinski definition) is 2. The molecule has 2 N–H and O–H groups in total. The average molecular weight is 485 g/mol. The van der Waals surface area contributed by atoms with Crippen LogP contribution in [-0.4, -0.2) is 66.1 Å². The lowest BCUT2D eigenvalue weighted by atomic mass is 10.1. The zero-order valence-corrected chi connectivity index (χ0v) is 19.7. The number of nitrogens with one attached hydrogen (secondary N) is 2. The molecule has 3 aromatic rings. The molecule has 0 atom stereocenters. The van der Waals surface area contributed by atoms with Gasteiger partial charge in [-0.3, -0.25) is 9.69 Å². The Hall–Kier alpha value is -3.08. The van der Waals surface area contributed by atoms with Crippen molar-refractivity contribution in [3.05, 3.63) is 58.3 Å². The SMILES string of the molecule is O=c1[nH]c2cc3c(cc2cc1CN(CCCN1CCOCC1)C(=S)NCc1ccco1)OCO3. The quantitative estimate of drug-likeness (QED) is 0.468. The van der Waals surface area contributed by atoms with Crippen molar-refractivity contribution < 1.29 is 18.6 Å². The minimum absolute atomic E-state index is 0.140. The molecule has 9 nitrogen and oxygen atoms in total. The summed E-state index contributed by atoms with van der Waals surface area (Å²) in [5.74, 6) is 2.13. The average Bonchev–Trinajstić information content (AvgIpc) is 3.53. The summed E-state index contributed by atoms with van der Waals surface area (Å²) in [5.41, 5.74) is 1.22. The van der Waals surface area contributed by atoms with Gasteiger partial charge in [0.1, 0.15) is 5.76 Å². The van der Waals surface area contributed by atoms with Crippen LogP contribution in [0.15, 0.2) is 45.8 Å². The van der Waals surface area contributed by atoms with Crippen LogP contribution >= 0.6 is 12.2 Å². The first kappa shape index (κ1) is 22.7. The van der Waals surface area contributed by atoms with Gasteiger partial charge in [0.15, 0.2) is 16.6 Å². The lowest BCUT2D eigenvalue weighted by Gasteiger charge is -2.29. The Morgan fingerprint density at radius 1 is 1.18 bits per heavy atom. The second-order valence-corrected chi connectivity index (χ2v) is 8.77. The topological polar surface area (TPSA) is 92.2 Å². The summed E-state index contributed by atoms with van der Waals surface area (Å²) in [6, 6.07) is 9.35. The van der Waals surface area contributed by atoms with Gasteiger partial charge in [-0.1, -0.05) is 0 Å². The molecular formula is C24H28N4O5S. The molecule has 5 rings (SSSR count). The van der Waals surface area contributed by atoms with E-state index in [0.29, 0.717) is 35.3 Å². The standard InChI is InChI=1S/C24H28N4O5S/c29-23-18(11-17-12-21-22(33-16-32-21)13-20(17)26-23)15-28(5-2-4-27-6-9-30-10-7-27)24(34)25-14-19-3-1-8-31-19/h1,3,8,11-13H,2,4-7,9-10,14-16H2,(H,25,34)(H,26,29). The summed E-state index contributed by atoms with van der Waals surface area (Å²) in [7, 11) is 0. The van der Waals surface area contributed by atoms with Gasteiger partial charge >= 0.3 is 0 Å². The van der Waals surface area contributed by atoms with Crippen LogP contribution in [0.2, 0.25) is 0 Å². The van der Waals surface area contributed by atoms with E-state index in [9.17, 15) is 4.79 Å². The summed E-state index contributed by atoms with van der Waals surface area (Å²) in [6.07, 6.45) is 2.56. The fourth-order valence-corrected chi connectivity index (χ4v) is 4.44. The predicted molar refractivity (Wildman–Crippen MR) is 131 cm³/mol. The first-order valence-electron chi connectivity index (χ1n) is 11.5. The molecule has 0 amide bonds. The molecular weight excluding hydrogens is 456 g/mol. The third kappa shape index (κ3) is 5.35. The Kier molecular flexibility index (Phi) is 6.98. The number of rotatable bonds is 8. The number of ether oxygens (including phenoxy) is 3. The van der Waals surface area contributed by atoms with E-state index in [0.717, 1.165) is 62.5 Å². The number of aromatic nitrogens is 1. The Morgan fingerprint density at radius 2 is 2.00 bits per heavy atom. The molecule has 0 saturated carbocycles. The van der Waals surface area contributed by atoms with Crippen molar-refractivity contribution in [1.82, 2.24) is 20.1 Å². The first-order chi connectivity index (χ1) is 16.7. The highest BCUT2D eigenvalue weighted by Crippen LogP contribution is 2.35. The zero-order chi connectivity index (χ0) is 23.3. The minimum atomic E-state index is -0.140. The smallest absolute Gasteiger partial charge is 0.253 e. The van der Waals surface area contributed by atoms with E-state index < -0.39 is 0 Å². The zero-order valence-electron chi connectivity index (χ0n) is 18.9. The normalized spacial score (nSPS) is 15.5. The van der Waals surface area contributed by atoms with Crippen molar-refractivity contribution in [3.63, 3.8) is 0 Å². The largest absolute Gasteiger partial charge is 0.467 e. The van der Waals surface area contributed by atoms with Crippen molar-refractivity contribution in [3.8, 4) is 11.5 Å². The molecule has 1 fully saturated rings. The van der Waals surface area contributed by atoms with Crippen molar-refractivity contribution >= 4 is 28.2 Å². The molecule has 1 saturated heterocycles. The van der Waals surface area contributed by atoms with E-state index >= 15 is 0 Å². The van der Waals surface area contributed by atoms with E-state index in [1.807, 2.05) is 29.2 Å². The van der Waals surface area contributed by atoms with Crippen molar-refractivity contribution in [1.29, 1.82) is 0 Å². The number of hydrogen-bond acceptors (Lipinski definition) is 7. The van der Waals surface area contributed by atoms with Crippen LogP contribution in [0.1, 0.15) is 17.7 Å². The molecule has 0 aliphatic carbocycles. The van der Waals surface area contributed by atoms with Gasteiger partial charge in [-0.05, 0) is 42.9 Å². The first-order valence-corrected chi connectivity index (χ1v) is 11.9. The summed E-state index contributed by atoms with van der Waals surface area (Å²) < 4.78 is 21.8. The highest BCUT2D eigenvalue weighted by Gasteiger charge is 2.18. The fourth-order valence-electron chi connectivity index (χ4n) is 4.21. The molecule has 34 heavy (non-hydrogen) atoms. The maximum absolute atomic E-state index is 12.9. The van der Waals surface area contributed by atoms with Crippen LogP contribution < -0.4 is 20.3 Å². The fraction of sp³-hybridized carbons (Fsp3) is 0.417. The monoisotopic (exact) mass is 484 g/mol. The maximum Gasteiger partial charge on any atom is 0.253 e. The summed E-state index contributed by atoms with van der Waals surface area (Å²) in [5, 5.41) is 4.74. The van der Waals surface area contributed by atoms with Gasteiger partial charge < -0.3 is 33.8 Å². The highest BCUT2D eigenvalue weighted by atomic mass is 32.1. The summed E-state index contributed by atoms with van der Waals surface area (Å²) in [4.78, 5) is 20.3.